The van der Waals surface area contributed by atoms with Crippen molar-refractivity contribution < 1.29 is 4.79 Å². The molecule has 1 rings (SSSR count). The summed E-state index contributed by atoms with van der Waals surface area (Å²) in [6.07, 6.45) is 0.419. The van der Waals surface area contributed by atoms with Gasteiger partial charge in [0.2, 0.25) is 0 Å². The molecule has 0 bridgehead atoms. The van der Waals surface area contributed by atoms with Crippen LogP contribution in [0.2, 0.25) is 0 Å². The molecule has 1 aromatic carbocycles. The molecule has 1 aromatic rings. The van der Waals surface area contributed by atoms with Crippen molar-refractivity contribution in [3.05, 3.63) is 35.9 Å². The Morgan fingerprint density at radius 2 is 2.00 bits per heavy atom. The zero-order valence-electron chi connectivity index (χ0n) is 7.46. The molecule has 0 radical (unpaired) electrons. The molecule has 0 aromatic heterocycles. The smallest absolute Gasteiger partial charge is 0.197 e. The van der Waals surface area contributed by atoms with E-state index in [4.69, 9.17) is 17.3 Å². The molecular weight excluding hydrogens is 186 g/mol. The molecule has 0 aliphatic rings. The van der Waals surface area contributed by atoms with Crippen LogP contribution >= 0.6 is 11.6 Å². The van der Waals surface area contributed by atoms with Crippen LogP contribution in [-0.4, -0.2) is 10.8 Å². The van der Waals surface area contributed by atoms with Crippen LogP contribution in [0.3, 0.4) is 0 Å². The number of alkyl halides is 1. The first-order valence-corrected chi connectivity index (χ1v) is 4.53. The van der Waals surface area contributed by atoms with Crippen LogP contribution in [0.15, 0.2) is 30.3 Å². The summed E-state index contributed by atoms with van der Waals surface area (Å²) >= 11 is 5.83. The average Bonchev–Trinajstić information content (AvgIpc) is 2.18. The zero-order chi connectivity index (χ0) is 9.90. The summed E-state index contributed by atoms with van der Waals surface area (Å²) in [5.74, 6) is -0.225. The molecule has 0 spiro atoms. The number of hydrogen-bond donors (Lipinski definition) is 1. The number of carbonyl (C=O) groups is 1. The van der Waals surface area contributed by atoms with Gasteiger partial charge in [-0.05, 0) is 6.42 Å². The second-order valence-electron chi connectivity index (χ2n) is 2.91. The summed E-state index contributed by atoms with van der Waals surface area (Å²) in [5, 5.41) is 0. The van der Waals surface area contributed by atoms with Gasteiger partial charge in [0.05, 0.1) is 0 Å². The molecule has 0 aliphatic heterocycles. The SMILES string of the molecule is CCC(N)(Cl)C(=O)c1ccccc1. The van der Waals surface area contributed by atoms with Gasteiger partial charge < -0.3 is 5.73 Å². The van der Waals surface area contributed by atoms with E-state index >= 15 is 0 Å². The third kappa shape index (κ3) is 2.29. The van der Waals surface area contributed by atoms with Gasteiger partial charge in [-0.1, -0.05) is 48.9 Å². The Kier molecular flexibility index (Phi) is 3.07. The van der Waals surface area contributed by atoms with Crippen molar-refractivity contribution in [3.63, 3.8) is 0 Å². The van der Waals surface area contributed by atoms with Crippen molar-refractivity contribution in [2.45, 2.75) is 18.3 Å². The number of rotatable bonds is 3. The van der Waals surface area contributed by atoms with E-state index < -0.39 is 5.00 Å². The van der Waals surface area contributed by atoms with Gasteiger partial charge in [-0.2, -0.15) is 0 Å². The van der Waals surface area contributed by atoms with E-state index in [1.54, 1.807) is 31.2 Å². The number of Topliss-reactive ketones (excluding diaryl/α,β-unsaturated/α-hetero) is 1. The number of nitrogens with two attached hydrogens (primary N) is 1. The van der Waals surface area contributed by atoms with Crippen LogP contribution in [0.1, 0.15) is 23.7 Å². The van der Waals surface area contributed by atoms with Gasteiger partial charge >= 0.3 is 0 Å². The first-order valence-electron chi connectivity index (χ1n) is 4.15. The third-order valence-corrected chi connectivity index (χ3v) is 2.37. The second kappa shape index (κ2) is 3.90. The Labute approximate surface area is 82.7 Å². The Morgan fingerprint density at radius 1 is 1.46 bits per heavy atom. The van der Waals surface area contributed by atoms with E-state index in [-0.39, 0.29) is 5.78 Å². The maximum absolute atomic E-state index is 11.6. The van der Waals surface area contributed by atoms with Crippen molar-refractivity contribution in [2.24, 2.45) is 5.73 Å². The molecule has 0 heterocycles. The summed E-state index contributed by atoms with van der Waals surface area (Å²) in [7, 11) is 0. The molecule has 0 saturated carbocycles. The van der Waals surface area contributed by atoms with Gasteiger partial charge in [0, 0.05) is 5.56 Å². The average molecular weight is 198 g/mol. The Bertz CT molecular complexity index is 295. The highest BCUT2D eigenvalue weighted by Gasteiger charge is 2.29. The van der Waals surface area contributed by atoms with Gasteiger partial charge in [-0.3, -0.25) is 4.79 Å². The second-order valence-corrected chi connectivity index (χ2v) is 3.59. The van der Waals surface area contributed by atoms with Crippen LogP contribution in [0, 0.1) is 0 Å². The molecule has 2 N–H and O–H groups in total. The van der Waals surface area contributed by atoms with Crippen molar-refractivity contribution in [3.8, 4) is 0 Å². The summed E-state index contributed by atoms with van der Waals surface area (Å²) in [4.78, 5) is 10.4. The van der Waals surface area contributed by atoms with Crippen LogP contribution in [0.25, 0.3) is 0 Å². The van der Waals surface area contributed by atoms with Gasteiger partial charge in [0.1, 0.15) is 0 Å². The minimum absolute atomic E-state index is 0.225. The number of halogens is 1. The lowest BCUT2D eigenvalue weighted by atomic mass is 10.0. The molecule has 70 valence electrons. The minimum Gasteiger partial charge on any atom is -0.306 e. The standard InChI is InChI=1S/C10H12ClNO/c1-2-10(11,12)9(13)8-6-4-3-5-7-8/h3-7H,2,12H2,1H3. The lowest BCUT2D eigenvalue weighted by molar-refractivity contribution is 0.0938. The third-order valence-electron chi connectivity index (χ3n) is 1.93. The number of hydrogen-bond acceptors (Lipinski definition) is 2. The van der Waals surface area contributed by atoms with Crippen molar-refractivity contribution >= 4 is 17.4 Å². The lowest BCUT2D eigenvalue weighted by Gasteiger charge is -2.17. The molecule has 0 fully saturated rings. The van der Waals surface area contributed by atoms with E-state index in [1.807, 2.05) is 6.07 Å². The first kappa shape index (κ1) is 10.2. The number of benzene rings is 1. The van der Waals surface area contributed by atoms with Crippen LogP contribution in [0.5, 0.6) is 0 Å². The van der Waals surface area contributed by atoms with Gasteiger partial charge in [0.15, 0.2) is 10.8 Å². The topological polar surface area (TPSA) is 43.1 Å². The lowest BCUT2D eigenvalue weighted by Crippen LogP contribution is -2.41. The predicted molar refractivity (Wildman–Crippen MR) is 53.8 cm³/mol. The van der Waals surface area contributed by atoms with Gasteiger partial charge in [-0.15, -0.1) is 0 Å². The van der Waals surface area contributed by atoms with Crippen LogP contribution in [0.4, 0.5) is 0 Å². The normalized spacial score (nSPS) is 15.0. The first-order chi connectivity index (χ1) is 6.08. The summed E-state index contributed by atoms with van der Waals surface area (Å²) in [6.45, 7) is 1.79. The van der Waals surface area contributed by atoms with Crippen molar-refractivity contribution in [2.75, 3.05) is 0 Å². The molecule has 1 unspecified atom stereocenters. The maximum atomic E-state index is 11.6. The minimum atomic E-state index is -1.26. The number of carbonyl (C=O) groups excluding carboxylic acids is 1. The fraction of sp³-hybridized carbons (Fsp3) is 0.300. The summed E-state index contributed by atoms with van der Waals surface area (Å²) < 4.78 is 0. The predicted octanol–water partition coefficient (Wildman–Crippen LogP) is 2.17. The summed E-state index contributed by atoms with van der Waals surface area (Å²) in [5.41, 5.74) is 6.16. The van der Waals surface area contributed by atoms with Crippen molar-refractivity contribution in [1.82, 2.24) is 0 Å². The van der Waals surface area contributed by atoms with Crippen LogP contribution in [-0.2, 0) is 0 Å². The molecule has 0 saturated heterocycles. The highest BCUT2D eigenvalue weighted by atomic mass is 35.5. The Morgan fingerprint density at radius 3 is 2.46 bits per heavy atom. The zero-order valence-corrected chi connectivity index (χ0v) is 8.21. The van der Waals surface area contributed by atoms with E-state index in [9.17, 15) is 4.79 Å². The fourth-order valence-electron chi connectivity index (χ4n) is 0.990. The number of ketones is 1. The monoisotopic (exact) mass is 197 g/mol. The summed E-state index contributed by atoms with van der Waals surface area (Å²) in [6, 6.07) is 8.84. The molecule has 13 heavy (non-hydrogen) atoms. The van der Waals surface area contributed by atoms with E-state index in [1.165, 1.54) is 0 Å². The van der Waals surface area contributed by atoms with Crippen molar-refractivity contribution in [1.29, 1.82) is 0 Å². The molecular formula is C10H12ClNO. The maximum Gasteiger partial charge on any atom is 0.197 e. The highest BCUT2D eigenvalue weighted by Crippen LogP contribution is 2.18. The molecule has 1 atom stereocenters. The fourth-order valence-corrected chi connectivity index (χ4v) is 1.10. The Hall–Kier alpha value is -0.860. The van der Waals surface area contributed by atoms with Gasteiger partial charge in [-0.25, -0.2) is 0 Å². The van der Waals surface area contributed by atoms with Crippen LogP contribution < -0.4 is 5.73 Å². The highest BCUT2D eigenvalue weighted by molar-refractivity contribution is 6.37. The molecule has 0 amide bonds. The molecule has 3 heteroatoms. The molecule has 0 aliphatic carbocycles. The largest absolute Gasteiger partial charge is 0.306 e. The van der Waals surface area contributed by atoms with Gasteiger partial charge in [0.25, 0.3) is 0 Å². The van der Waals surface area contributed by atoms with E-state index in [2.05, 4.69) is 0 Å². The van der Waals surface area contributed by atoms with E-state index in [0.717, 1.165) is 0 Å². The van der Waals surface area contributed by atoms with E-state index in [0.29, 0.717) is 12.0 Å². The quantitative estimate of drug-likeness (QED) is 0.459. The molecule has 2 nitrogen and oxygen atoms in total. The Balaban J connectivity index is 2.93.